The van der Waals surface area contributed by atoms with Gasteiger partial charge in [-0.2, -0.15) is 0 Å². The van der Waals surface area contributed by atoms with Crippen LogP contribution in [-0.2, 0) is 27.6 Å². The lowest BCUT2D eigenvalue weighted by Crippen LogP contribution is -2.50. The molecule has 0 aromatic rings. The molecule has 1 fully saturated rings. The largest absolute Gasteiger partial charge is 0.504 e. The van der Waals surface area contributed by atoms with Gasteiger partial charge in [0.25, 0.3) is 0 Å². The van der Waals surface area contributed by atoms with E-state index < -0.39 is 20.7 Å². The van der Waals surface area contributed by atoms with Gasteiger partial charge in [0.05, 0.1) is 18.4 Å². The van der Waals surface area contributed by atoms with Crippen LogP contribution in [0.1, 0.15) is 12.8 Å². The molecule has 0 bridgehead atoms. The first kappa shape index (κ1) is 12.3. The molecule has 0 aromatic heterocycles. The number of cyclic esters (lactones) is 2. The molecular weight excluding hydrogens is 220 g/mol. The first-order valence-corrected chi connectivity index (χ1v) is 6.27. The quantitative estimate of drug-likeness (QED) is 0.390. The van der Waals surface area contributed by atoms with Crippen LogP contribution < -0.4 is 0 Å². The van der Waals surface area contributed by atoms with Crippen molar-refractivity contribution in [3.63, 3.8) is 0 Å². The van der Waals surface area contributed by atoms with Crippen molar-refractivity contribution in [1.82, 2.24) is 0 Å². The molecule has 0 amide bonds. The Morgan fingerprint density at radius 2 is 1.47 bits per heavy atom. The van der Waals surface area contributed by atoms with Crippen molar-refractivity contribution in [3.05, 3.63) is 0 Å². The van der Waals surface area contributed by atoms with Crippen molar-refractivity contribution in [2.75, 3.05) is 21.3 Å². The number of carbonyl (C=O) groups excluding carboxylic acids is 2. The zero-order chi connectivity index (χ0) is 11.5. The molecule has 0 atom stereocenters. The monoisotopic (exact) mass is 234 g/mol. The third-order valence-electron chi connectivity index (χ3n) is 2.41. The fraction of sp³-hybridized carbons (Fsp3) is 0.750. The third-order valence-corrected chi connectivity index (χ3v) is 5.52. The van der Waals surface area contributed by atoms with E-state index in [0.29, 0.717) is 0 Å². The Bertz CT molecular complexity index is 238. The number of hydrogen-bond acceptors (Lipinski definition) is 6. The number of rotatable bonds is 4. The molecule has 0 aliphatic carbocycles. The van der Waals surface area contributed by atoms with Gasteiger partial charge in [-0.3, -0.25) is 9.59 Å². The van der Waals surface area contributed by atoms with Gasteiger partial charge >= 0.3 is 20.7 Å². The minimum absolute atomic E-state index is 0.0908. The van der Waals surface area contributed by atoms with Gasteiger partial charge in [-0.25, -0.2) is 0 Å². The Labute approximate surface area is 88.8 Å². The van der Waals surface area contributed by atoms with Crippen molar-refractivity contribution >= 4 is 20.7 Å². The Balaban J connectivity index is 2.83. The number of hydrogen-bond donors (Lipinski definition) is 0. The predicted molar refractivity (Wildman–Crippen MR) is 50.9 cm³/mol. The summed E-state index contributed by atoms with van der Waals surface area (Å²) in [6.07, 6.45) is 0.182. The summed E-state index contributed by atoms with van der Waals surface area (Å²) in [6.45, 7) is 0. The molecular formula is C8H14O6Si. The number of esters is 2. The predicted octanol–water partition coefficient (Wildman–Crippen LogP) is 0.0983. The van der Waals surface area contributed by atoms with Gasteiger partial charge in [-0.15, -0.1) is 0 Å². The summed E-state index contributed by atoms with van der Waals surface area (Å²) in [5.74, 6) is -1.11. The SMILES string of the molecule is CO[Si](OC)(OC)C1CC(=O)OC(=O)C1. The second-order valence-corrected chi connectivity index (χ2v) is 6.42. The first-order valence-electron chi connectivity index (χ1n) is 4.47. The summed E-state index contributed by atoms with van der Waals surface area (Å²) < 4.78 is 20.0. The van der Waals surface area contributed by atoms with Crippen LogP contribution in [0.2, 0.25) is 5.54 Å². The van der Waals surface area contributed by atoms with Crippen LogP contribution in [0.4, 0.5) is 0 Å². The maximum absolute atomic E-state index is 11.1. The average molecular weight is 234 g/mol. The van der Waals surface area contributed by atoms with Gasteiger partial charge in [0, 0.05) is 21.3 Å². The average Bonchev–Trinajstić information content (AvgIpc) is 2.20. The standard InChI is InChI=1S/C8H14O6Si/c1-11-15(12-2,13-3)6-4-7(9)14-8(10)5-6/h6H,4-5H2,1-3H3. The lowest BCUT2D eigenvalue weighted by atomic mass is 10.2. The Morgan fingerprint density at radius 3 is 1.80 bits per heavy atom. The maximum Gasteiger partial charge on any atom is 0.504 e. The fourth-order valence-corrected chi connectivity index (χ4v) is 4.02. The van der Waals surface area contributed by atoms with Crippen molar-refractivity contribution in [1.29, 1.82) is 0 Å². The molecule has 0 aromatic carbocycles. The van der Waals surface area contributed by atoms with E-state index in [2.05, 4.69) is 4.74 Å². The molecule has 0 radical (unpaired) electrons. The van der Waals surface area contributed by atoms with Gasteiger partial charge in [-0.1, -0.05) is 0 Å². The van der Waals surface area contributed by atoms with Crippen molar-refractivity contribution in [2.45, 2.75) is 18.4 Å². The highest BCUT2D eigenvalue weighted by Gasteiger charge is 2.51. The van der Waals surface area contributed by atoms with Crippen LogP contribution in [0.3, 0.4) is 0 Å². The summed E-state index contributed by atoms with van der Waals surface area (Å²) in [6, 6.07) is 0. The van der Waals surface area contributed by atoms with Gasteiger partial charge < -0.3 is 18.0 Å². The van der Waals surface area contributed by atoms with Crippen LogP contribution in [0.15, 0.2) is 0 Å². The molecule has 15 heavy (non-hydrogen) atoms. The Kier molecular flexibility index (Phi) is 3.97. The fourth-order valence-electron chi connectivity index (χ4n) is 1.68. The highest BCUT2D eigenvalue weighted by atomic mass is 28.4. The molecule has 7 heteroatoms. The van der Waals surface area contributed by atoms with Crippen molar-refractivity contribution < 1.29 is 27.6 Å². The second-order valence-electron chi connectivity index (χ2n) is 3.17. The third kappa shape index (κ3) is 2.43. The maximum atomic E-state index is 11.1. The minimum Gasteiger partial charge on any atom is -0.393 e. The van der Waals surface area contributed by atoms with Crippen molar-refractivity contribution in [3.8, 4) is 0 Å². The van der Waals surface area contributed by atoms with Gasteiger partial charge in [0.2, 0.25) is 0 Å². The summed E-state index contributed by atoms with van der Waals surface area (Å²) in [7, 11) is 1.42. The Hall–Kier alpha value is -0.763. The second kappa shape index (κ2) is 4.84. The molecule has 1 heterocycles. The zero-order valence-electron chi connectivity index (χ0n) is 8.94. The molecule has 0 spiro atoms. The molecule has 6 nitrogen and oxygen atoms in total. The summed E-state index contributed by atoms with van der Waals surface area (Å²) in [5.41, 5.74) is -0.355. The topological polar surface area (TPSA) is 71.1 Å². The molecule has 0 N–H and O–H groups in total. The van der Waals surface area contributed by atoms with Crippen LogP contribution in [0.25, 0.3) is 0 Å². The molecule has 0 saturated carbocycles. The summed E-state index contributed by atoms with van der Waals surface area (Å²) in [5, 5.41) is 0. The summed E-state index contributed by atoms with van der Waals surface area (Å²) >= 11 is 0. The Morgan fingerprint density at radius 1 is 1.07 bits per heavy atom. The highest BCUT2D eigenvalue weighted by Crippen LogP contribution is 2.34. The van der Waals surface area contributed by atoms with Crippen LogP contribution in [0, 0.1) is 0 Å². The van der Waals surface area contributed by atoms with E-state index in [-0.39, 0.29) is 18.4 Å². The van der Waals surface area contributed by atoms with E-state index in [1.807, 2.05) is 0 Å². The van der Waals surface area contributed by atoms with E-state index in [0.717, 1.165) is 0 Å². The lowest BCUT2D eigenvalue weighted by molar-refractivity contribution is -0.163. The molecule has 1 rings (SSSR count). The van der Waals surface area contributed by atoms with Gasteiger partial charge in [0.1, 0.15) is 0 Å². The van der Waals surface area contributed by atoms with E-state index in [1.165, 1.54) is 21.3 Å². The molecule has 0 unspecified atom stereocenters. The van der Waals surface area contributed by atoms with E-state index in [9.17, 15) is 9.59 Å². The van der Waals surface area contributed by atoms with Crippen molar-refractivity contribution in [2.24, 2.45) is 0 Å². The molecule has 86 valence electrons. The van der Waals surface area contributed by atoms with Crippen LogP contribution >= 0.6 is 0 Å². The van der Waals surface area contributed by atoms with E-state index >= 15 is 0 Å². The van der Waals surface area contributed by atoms with E-state index in [1.54, 1.807) is 0 Å². The molecule has 1 aliphatic heterocycles. The number of carbonyl (C=O) groups is 2. The smallest absolute Gasteiger partial charge is 0.393 e. The van der Waals surface area contributed by atoms with Gasteiger partial charge in [-0.05, 0) is 0 Å². The molecule has 1 aliphatic rings. The van der Waals surface area contributed by atoms with Crippen LogP contribution in [-0.4, -0.2) is 42.1 Å². The minimum atomic E-state index is -2.92. The summed E-state index contributed by atoms with van der Waals surface area (Å²) in [4.78, 5) is 22.2. The first-order chi connectivity index (χ1) is 7.07. The zero-order valence-corrected chi connectivity index (χ0v) is 9.94. The molecule has 1 saturated heterocycles. The lowest BCUT2D eigenvalue weighted by Gasteiger charge is -2.32. The normalized spacial score (nSPS) is 19.1. The van der Waals surface area contributed by atoms with Crippen LogP contribution in [0.5, 0.6) is 0 Å². The van der Waals surface area contributed by atoms with E-state index in [4.69, 9.17) is 13.3 Å². The highest BCUT2D eigenvalue weighted by molar-refractivity contribution is 6.63. The number of ether oxygens (including phenoxy) is 1. The van der Waals surface area contributed by atoms with Gasteiger partial charge in [0.15, 0.2) is 0 Å².